The molecule has 2 aliphatic rings. The average Bonchev–Trinajstić information content (AvgIpc) is 2.82. The highest BCUT2D eigenvalue weighted by molar-refractivity contribution is 7.10. The molecule has 2 heterocycles. The molecule has 0 bridgehead atoms. The van der Waals surface area contributed by atoms with Crippen molar-refractivity contribution >= 4 is 23.3 Å². The van der Waals surface area contributed by atoms with E-state index in [0.717, 1.165) is 28.8 Å². The summed E-state index contributed by atoms with van der Waals surface area (Å²) in [5.74, 6) is 0.0557. The smallest absolute Gasteiger partial charge is 0.410 e. The van der Waals surface area contributed by atoms with Crippen molar-refractivity contribution in [2.75, 3.05) is 6.54 Å². The van der Waals surface area contributed by atoms with Crippen LogP contribution in [-0.4, -0.2) is 35.1 Å². The standard InChI is InChI=1S/C20H30N2O3S/c1-20(2,3)25-19(24)22-11-10-15-16(13-26-17(15)12-22)18(23)21-14-8-6-4-5-7-9-14/h13-14H,4-12H2,1-3H3,(H,21,23). The van der Waals surface area contributed by atoms with Gasteiger partial charge in [-0.2, -0.15) is 0 Å². The van der Waals surface area contributed by atoms with Gasteiger partial charge in [0.15, 0.2) is 0 Å². The monoisotopic (exact) mass is 378 g/mol. The number of hydrogen-bond donors (Lipinski definition) is 1. The molecule has 144 valence electrons. The van der Waals surface area contributed by atoms with Gasteiger partial charge >= 0.3 is 6.09 Å². The number of carbonyl (C=O) groups excluding carboxylic acids is 2. The minimum atomic E-state index is -0.490. The fraction of sp³-hybridized carbons (Fsp3) is 0.700. The van der Waals surface area contributed by atoms with Gasteiger partial charge in [0.2, 0.25) is 0 Å². The predicted molar refractivity (Wildman–Crippen MR) is 104 cm³/mol. The van der Waals surface area contributed by atoms with E-state index in [2.05, 4.69) is 5.32 Å². The van der Waals surface area contributed by atoms with Crippen molar-refractivity contribution in [1.29, 1.82) is 0 Å². The maximum Gasteiger partial charge on any atom is 0.410 e. The van der Waals surface area contributed by atoms with Crippen LogP contribution in [0.5, 0.6) is 0 Å². The van der Waals surface area contributed by atoms with Crippen LogP contribution in [0.3, 0.4) is 0 Å². The van der Waals surface area contributed by atoms with Crippen molar-refractivity contribution in [1.82, 2.24) is 10.2 Å². The molecular weight excluding hydrogens is 348 g/mol. The van der Waals surface area contributed by atoms with Gasteiger partial charge in [-0.15, -0.1) is 11.3 Å². The molecule has 0 aromatic carbocycles. The number of hydrogen-bond acceptors (Lipinski definition) is 4. The summed E-state index contributed by atoms with van der Waals surface area (Å²) < 4.78 is 5.47. The second-order valence-corrected chi connectivity index (χ2v) is 9.33. The minimum absolute atomic E-state index is 0.0557. The van der Waals surface area contributed by atoms with Gasteiger partial charge in [0.05, 0.1) is 12.1 Å². The second kappa shape index (κ2) is 7.99. The second-order valence-electron chi connectivity index (χ2n) is 8.36. The van der Waals surface area contributed by atoms with Crippen molar-refractivity contribution in [2.45, 2.75) is 83.9 Å². The van der Waals surface area contributed by atoms with Gasteiger partial charge in [0.1, 0.15) is 5.60 Å². The SMILES string of the molecule is CC(C)(C)OC(=O)N1CCc2c(C(=O)NC3CCCCCC3)csc2C1. The fourth-order valence-electron chi connectivity index (χ4n) is 3.69. The Labute approximate surface area is 160 Å². The van der Waals surface area contributed by atoms with Crippen molar-refractivity contribution in [3.8, 4) is 0 Å². The van der Waals surface area contributed by atoms with E-state index in [1.54, 1.807) is 16.2 Å². The zero-order chi connectivity index (χ0) is 18.7. The van der Waals surface area contributed by atoms with Gasteiger partial charge in [-0.25, -0.2) is 4.79 Å². The zero-order valence-corrected chi connectivity index (χ0v) is 16.9. The maximum absolute atomic E-state index is 12.8. The first-order valence-electron chi connectivity index (χ1n) is 9.71. The number of nitrogens with zero attached hydrogens (tertiary/aromatic N) is 1. The lowest BCUT2D eigenvalue weighted by Crippen LogP contribution is -2.40. The number of thiophene rings is 1. The molecule has 0 radical (unpaired) electrons. The Hall–Kier alpha value is -1.56. The highest BCUT2D eigenvalue weighted by atomic mass is 32.1. The Bertz CT molecular complexity index is 655. The van der Waals surface area contributed by atoms with Crippen molar-refractivity contribution in [3.05, 3.63) is 21.4 Å². The minimum Gasteiger partial charge on any atom is -0.444 e. The van der Waals surface area contributed by atoms with Crippen molar-refractivity contribution in [2.24, 2.45) is 0 Å². The molecule has 6 heteroatoms. The van der Waals surface area contributed by atoms with E-state index >= 15 is 0 Å². The van der Waals surface area contributed by atoms with Crippen LogP contribution in [0.15, 0.2) is 5.38 Å². The van der Waals surface area contributed by atoms with E-state index < -0.39 is 5.60 Å². The molecule has 1 aromatic rings. The Kier molecular flexibility index (Phi) is 5.90. The largest absolute Gasteiger partial charge is 0.444 e. The van der Waals surface area contributed by atoms with Gasteiger partial charge < -0.3 is 15.0 Å². The molecular formula is C20H30N2O3S. The lowest BCUT2D eigenvalue weighted by atomic mass is 10.0. The van der Waals surface area contributed by atoms with Crippen molar-refractivity contribution < 1.29 is 14.3 Å². The van der Waals surface area contributed by atoms with Crippen LogP contribution in [0.2, 0.25) is 0 Å². The van der Waals surface area contributed by atoms with Crippen LogP contribution < -0.4 is 5.32 Å². The quantitative estimate of drug-likeness (QED) is 0.771. The predicted octanol–water partition coefficient (Wildman–Crippen LogP) is 4.49. The molecule has 1 aromatic heterocycles. The van der Waals surface area contributed by atoms with E-state index in [1.165, 1.54) is 25.7 Å². The van der Waals surface area contributed by atoms with Gasteiger partial charge in [-0.05, 0) is 45.6 Å². The van der Waals surface area contributed by atoms with Crippen LogP contribution in [0.25, 0.3) is 0 Å². The Balaban J connectivity index is 1.63. The zero-order valence-electron chi connectivity index (χ0n) is 16.1. The number of carbonyl (C=O) groups is 2. The molecule has 0 saturated heterocycles. The number of fused-ring (bicyclic) bond motifs is 1. The van der Waals surface area contributed by atoms with Crippen LogP contribution in [-0.2, 0) is 17.7 Å². The molecule has 1 aliphatic heterocycles. The number of ether oxygens (including phenoxy) is 1. The molecule has 0 unspecified atom stereocenters. The lowest BCUT2D eigenvalue weighted by Gasteiger charge is -2.30. The highest BCUT2D eigenvalue weighted by Crippen LogP contribution is 2.30. The first-order valence-corrected chi connectivity index (χ1v) is 10.6. The molecule has 2 amide bonds. The average molecular weight is 379 g/mol. The first-order chi connectivity index (χ1) is 12.3. The molecule has 3 rings (SSSR count). The number of nitrogens with one attached hydrogen (secondary N) is 1. The van der Waals surface area contributed by atoms with E-state index in [1.807, 2.05) is 26.2 Å². The Morgan fingerprint density at radius 3 is 2.54 bits per heavy atom. The van der Waals surface area contributed by atoms with Crippen LogP contribution in [0.4, 0.5) is 4.79 Å². The summed E-state index contributed by atoms with van der Waals surface area (Å²) in [6.45, 7) is 6.76. The van der Waals surface area contributed by atoms with Crippen LogP contribution in [0.1, 0.15) is 80.1 Å². The van der Waals surface area contributed by atoms with Gasteiger partial charge in [-0.3, -0.25) is 4.79 Å². The molecule has 1 fully saturated rings. The van der Waals surface area contributed by atoms with E-state index in [4.69, 9.17) is 4.74 Å². The van der Waals surface area contributed by atoms with Gasteiger partial charge in [-0.1, -0.05) is 25.7 Å². The van der Waals surface area contributed by atoms with Gasteiger partial charge in [0, 0.05) is 22.8 Å². The third-order valence-electron chi connectivity index (χ3n) is 5.03. The van der Waals surface area contributed by atoms with E-state index in [0.29, 0.717) is 25.6 Å². The van der Waals surface area contributed by atoms with Crippen LogP contribution in [0, 0.1) is 0 Å². The summed E-state index contributed by atoms with van der Waals surface area (Å²) in [6.07, 6.45) is 7.58. The van der Waals surface area contributed by atoms with E-state index in [9.17, 15) is 9.59 Å². The molecule has 1 saturated carbocycles. The van der Waals surface area contributed by atoms with Crippen molar-refractivity contribution in [3.63, 3.8) is 0 Å². The van der Waals surface area contributed by atoms with Gasteiger partial charge in [0.25, 0.3) is 5.91 Å². The molecule has 26 heavy (non-hydrogen) atoms. The maximum atomic E-state index is 12.8. The highest BCUT2D eigenvalue weighted by Gasteiger charge is 2.29. The molecule has 1 N–H and O–H groups in total. The summed E-state index contributed by atoms with van der Waals surface area (Å²) in [6, 6.07) is 0.308. The Morgan fingerprint density at radius 1 is 1.19 bits per heavy atom. The molecule has 5 nitrogen and oxygen atoms in total. The molecule has 0 spiro atoms. The summed E-state index contributed by atoms with van der Waals surface area (Å²) in [7, 11) is 0. The summed E-state index contributed by atoms with van der Waals surface area (Å²) in [5.41, 5.74) is 1.43. The third-order valence-corrected chi connectivity index (χ3v) is 6.05. The number of rotatable bonds is 2. The fourth-order valence-corrected chi connectivity index (χ4v) is 4.78. The van der Waals surface area contributed by atoms with E-state index in [-0.39, 0.29) is 12.0 Å². The lowest BCUT2D eigenvalue weighted by molar-refractivity contribution is 0.0226. The third kappa shape index (κ3) is 4.78. The Morgan fingerprint density at radius 2 is 1.88 bits per heavy atom. The molecule has 1 aliphatic carbocycles. The normalized spacial score (nSPS) is 18.8. The number of amides is 2. The summed E-state index contributed by atoms with van der Waals surface area (Å²) >= 11 is 1.58. The van der Waals surface area contributed by atoms with Crippen LogP contribution >= 0.6 is 11.3 Å². The summed E-state index contributed by atoms with van der Waals surface area (Å²) in [4.78, 5) is 27.9. The molecule has 0 atom stereocenters. The topological polar surface area (TPSA) is 58.6 Å². The first kappa shape index (κ1) is 19.2. The summed E-state index contributed by atoms with van der Waals surface area (Å²) in [5, 5.41) is 5.19.